The van der Waals surface area contributed by atoms with Gasteiger partial charge < -0.3 is 14.2 Å². The van der Waals surface area contributed by atoms with Gasteiger partial charge in [-0.1, -0.05) is 176 Å². The first kappa shape index (κ1) is 33.9. The third-order valence-electron chi connectivity index (χ3n) is 11.7. The van der Waals surface area contributed by atoms with Crippen LogP contribution in [0.4, 0.5) is 34.1 Å². The number of anilines is 6. The van der Waals surface area contributed by atoms with Crippen molar-refractivity contribution in [3.63, 3.8) is 0 Å². The van der Waals surface area contributed by atoms with Crippen molar-refractivity contribution >= 4 is 84.9 Å². The average Bonchev–Trinajstić information content (AvgIpc) is 3.69. The molecular formula is C54H38N2OSi. The molecule has 11 rings (SSSR count). The fraction of sp³-hybridized carbons (Fsp3) is 0. The molecule has 0 radical (unpaired) electrons. The molecule has 0 spiro atoms. The van der Waals surface area contributed by atoms with E-state index >= 15 is 0 Å². The van der Waals surface area contributed by atoms with Crippen LogP contribution in [0.25, 0.3) is 33.1 Å². The van der Waals surface area contributed by atoms with Crippen LogP contribution in [0, 0.1) is 0 Å². The number of hydrogen-bond acceptors (Lipinski definition) is 3. The van der Waals surface area contributed by atoms with E-state index < -0.39 is 8.07 Å². The second kappa shape index (κ2) is 14.0. The second-order valence-electron chi connectivity index (χ2n) is 14.9. The van der Waals surface area contributed by atoms with E-state index in [2.05, 4.69) is 234 Å². The number of nitrogens with zero attached hydrogens (tertiary/aromatic N) is 2. The van der Waals surface area contributed by atoms with Gasteiger partial charge in [0.05, 0.1) is 5.69 Å². The van der Waals surface area contributed by atoms with Gasteiger partial charge in [0.15, 0.2) is 13.7 Å². The normalized spacial score (nSPS) is 12.9. The highest BCUT2D eigenvalue weighted by molar-refractivity contribution is 7.21. The van der Waals surface area contributed by atoms with Crippen molar-refractivity contribution in [3.05, 3.63) is 231 Å². The van der Waals surface area contributed by atoms with Crippen molar-refractivity contribution in [2.24, 2.45) is 0 Å². The fourth-order valence-corrected chi connectivity index (χ4v) is 14.3. The van der Waals surface area contributed by atoms with Gasteiger partial charge in [-0.05, 0) is 86.5 Å². The molecule has 0 bridgehead atoms. The van der Waals surface area contributed by atoms with Crippen molar-refractivity contribution < 1.29 is 4.42 Å². The van der Waals surface area contributed by atoms with Crippen LogP contribution in [0.15, 0.2) is 235 Å². The lowest BCUT2D eigenvalue weighted by molar-refractivity contribution is 0.669. The molecule has 0 unspecified atom stereocenters. The monoisotopic (exact) mass is 758 g/mol. The standard InChI is InChI=1S/C54H38N2OSi/c1-5-18-39(19-6-1)40-32-34-42(35-33-40)55(49-29-17-27-47-46-26-13-15-30-51(46)57-54(47)49)43-36-37-53-50(38-43)56(41-20-7-2-8-21-41)48-28-14-16-31-52(48)58(53,44-22-9-3-10-23-44)45-24-11-4-12-25-45/h1-38H. The molecule has 9 aromatic carbocycles. The van der Waals surface area contributed by atoms with Gasteiger partial charge in [0.25, 0.3) is 0 Å². The predicted octanol–water partition coefficient (Wildman–Crippen LogP) is 11.9. The quantitative estimate of drug-likeness (QED) is 0.151. The van der Waals surface area contributed by atoms with Crippen LogP contribution in [0.1, 0.15) is 0 Å². The highest BCUT2D eigenvalue weighted by Crippen LogP contribution is 2.45. The number of benzene rings is 9. The van der Waals surface area contributed by atoms with Gasteiger partial charge in [0.2, 0.25) is 0 Å². The van der Waals surface area contributed by atoms with Gasteiger partial charge in [-0.2, -0.15) is 0 Å². The molecule has 1 aliphatic rings. The van der Waals surface area contributed by atoms with Crippen molar-refractivity contribution in [1.82, 2.24) is 0 Å². The Hall–Kier alpha value is -7.40. The van der Waals surface area contributed by atoms with E-state index in [9.17, 15) is 0 Å². The maximum absolute atomic E-state index is 6.75. The summed E-state index contributed by atoms with van der Waals surface area (Å²) in [5, 5.41) is 7.63. The molecule has 0 saturated heterocycles. The second-order valence-corrected chi connectivity index (χ2v) is 18.6. The minimum Gasteiger partial charge on any atom is -0.454 e. The fourth-order valence-electron chi connectivity index (χ4n) is 9.21. The highest BCUT2D eigenvalue weighted by Gasteiger charge is 2.49. The zero-order valence-corrected chi connectivity index (χ0v) is 32.7. The minimum atomic E-state index is -2.86. The lowest BCUT2D eigenvalue weighted by Gasteiger charge is -2.45. The molecule has 0 saturated carbocycles. The minimum absolute atomic E-state index is 0.858. The molecule has 10 aromatic rings. The molecule has 3 nitrogen and oxygen atoms in total. The topological polar surface area (TPSA) is 19.6 Å². The van der Waals surface area contributed by atoms with Gasteiger partial charge in [-0.3, -0.25) is 0 Å². The van der Waals surface area contributed by atoms with Gasteiger partial charge in [-0.25, -0.2) is 0 Å². The lowest BCUT2D eigenvalue weighted by Crippen LogP contribution is -2.77. The Labute approximate surface area is 339 Å². The lowest BCUT2D eigenvalue weighted by atomic mass is 10.0. The van der Waals surface area contributed by atoms with Crippen LogP contribution in [0.5, 0.6) is 0 Å². The summed E-state index contributed by atoms with van der Waals surface area (Å²) in [6.45, 7) is 0. The highest BCUT2D eigenvalue weighted by atomic mass is 28.3. The van der Waals surface area contributed by atoms with E-state index in [1.807, 2.05) is 6.07 Å². The number of para-hydroxylation sites is 4. The number of furan rings is 1. The number of rotatable bonds is 7. The SMILES string of the molecule is c1ccc(-c2ccc(N(c3ccc4c(c3)N(c3ccccc3)c3ccccc3[Si]4(c3ccccc3)c3ccccc3)c3cccc4c3oc3ccccc34)cc2)cc1. The summed E-state index contributed by atoms with van der Waals surface area (Å²) >= 11 is 0. The molecular weight excluding hydrogens is 721 g/mol. The largest absolute Gasteiger partial charge is 0.454 e. The van der Waals surface area contributed by atoms with Crippen molar-refractivity contribution in [2.45, 2.75) is 0 Å². The molecule has 2 heterocycles. The molecule has 58 heavy (non-hydrogen) atoms. The van der Waals surface area contributed by atoms with Crippen LogP contribution in [0.2, 0.25) is 0 Å². The Balaban J connectivity index is 1.21. The Bertz CT molecular complexity index is 3020. The Kier molecular flexibility index (Phi) is 8.16. The van der Waals surface area contributed by atoms with E-state index in [1.54, 1.807) is 0 Å². The summed E-state index contributed by atoms with van der Waals surface area (Å²) in [5.41, 5.74) is 10.7. The Morgan fingerprint density at radius 1 is 0.397 bits per heavy atom. The Morgan fingerprint density at radius 3 is 1.67 bits per heavy atom. The van der Waals surface area contributed by atoms with Crippen LogP contribution in [-0.2, 0) is 0 Å². The maximum Gasteiger partial charge on any atom is 0.184 e. The molecule has 0 amide bonds. The summed E-state index contributed by atoms with van der Waals surface area (Å²) in [6.07, 6.45) is 0. The van der Waals surface area contributed by atoms with Gasteiger partial charge in [-0.15, -0.1) is 0 Å². The molecule has 1 aromatic heterocycles. The van der Waals surface area contributed by atoms with E-state index in [4.69, 9.17) is 4.42 Å². The van der Waals surface area contributed by atoms with E-state index in [0.29, 0.717) is 0 Å². The first-order valence-electron chi connectivity index (χ1n) is 19.9. The number of hydrogen-bond donors (Lipinski definition) is 0. The maximum atomic E-state index is 6.75. The van der Waals surface area contributed by atoms with E-state index in [0.717, 1.165) is 44.7 Å². The van der Waals surface area contributed by atoms with Crippen molar-refractivity contribution in [1.29, 1.82) is 0 Å². The van der Waals surface area contributed by atoms with Crippen molar-refractivity contribution in [2.75, 3.05) is 9.80 Å². The van der Waals surface area contributed by atoms with Gasteiger partial charge >= 0.3 is 0 Å². The van der Waals surface area contributed by atoms with Crippen LogP contribution >= 0.6 is 0 Å². The van der Waals surface area contributed by atoms with E-state index in [-0.39, 0.29) is 0 Å². The van der Waals surface area contributed by atoms with Crippen LogP contribution in [-0.4, -0.2) is 8.07 Å². The van der Waals surface area contributed by atoms with Crippen molar-refractivity contribution in [3.8, 4) is 11.1 Å². The summed E-state index contributed by atoms with van der Waals surface area (Å²) in [7, 11) is -2.86. The smallest absolute Gasteiger partial charge is 0.184 e. The van der Waals surface area contributed by atoms with E-state index in [1.165, 1.54) is 43.2 Å². The summed E-state index contributed by atoms with van der Waals surface area (Å²) in [6, 6.07) is 83.8. The summed E-state index contributed by atoms with van der Waals surface area (Å²) in [5.74, 6) is 0. The molecule has 0 N–H and O–H groups in total. The number of fused-ring (bicyclic) bond motifs is 5. The third-order valence-corrected chi connectivity index (χ3v) is 16.6. The Morgan fingerprint density at radius 2 is 0.948 bits per heavy atom. The van der Waals surface area contributed by atoms with Gasteiger partial charge in [0, 0.05) is 39.2 Å². The molecule has 4 heteroatoms. The molecule has 0 aliphatic carbocycles. The predicted molar refractivity (Wildman–Crippen MR) is 246 cm³/mol. The zero-order chi connectivity index (χ0) is 38.5. The van der Waals surface area contributed by atoms with Crippen LogP contribution < -0.4 is 30.5 Å². The summed E-state index contributed by atoms with van der Waals surface area (Å²) in [4.78, 5) is 4.85. The third kappa shape index (κ3) is 5.34. The molecule has 1 aliphatic heterocycles. The van der Waals surface area contributed by atoms with Crippen LogP contribution in [0.3, 0.4) is 0 Å². The zero-order valence-electron chi connectivity index (χ0n) is 31.7. The summed E-state index contributed by atoms with van der Waals surface area (Å²) < 4.78 is 6.75. The average molecular weight is 759 g/mol. The first-order chi connectivity index (χ1) is 28.8. The molecule has 274 valence electrons. The molecule has 0 atom stereocenters. The van der Waals surface area contributed by atoms with Gasteiger partial charge in [0.1, 0.15) is 5.58 Å². The molecule has 0 fully saturated rings. The first-order valence-corrected chi connectivity index (χ1v) is 21.9.